The zero-order valence-electron chi connectivity index (χ0n) is 21.7. The van der Waals surface area contributed by atoms with Gasteiger partial charge in [-0.1, -0.05) is 18.2 Å². The van der Waals surface area contributed by atoms with Crippen LogP contribution < -0.4 is 0 Å². The molecule has 10 atom stereocenters. The van der Waals surface area contributed by atoms with E-state index in [-0.39, 0.29) is 5.75 Å². The summed E-state index contributed by atoms with van der Waals surface area (Å²) in [6, 6.07) is 5.55. The molecule has 42 heavy (non-hydrogen) atoms. The van der Waals surface area contributed by atoms with Gasteiger partial charge in [0, 0.05) is 12.0 Å². The maximum absolute atomic E-state index is 13.9. The Morgan fingerprint density at radius 1 is 0.976 bits per heavy atom. The van der Waals surface area contributed by atoms with E-state index in [9.17, 15) is 60.7 Å². The first-order valence-corrected chi connectivity index (χ1v) is 12.9. The number of rotatable bonds is 5. The van der Waals surface area contributed by atoms with E-state index in [4.69, 9.17) is 14.2 Å². The molecule has 15 nitrogen and oxygen atoms in total. The summed E-state index contributed by atoms with van der Waals surface area (Å²) in [6.07, 6.45) is -13.9. The Hall–Kier alpha value is -3.22. The molecule has 0 bridgehead atoms. The SMILES string of the molecule is O=C(C=Cc1ccc(O)cc1)C1=C(O)C2=C(OC3(C2)OCC(O)C(O)C3O)C(O)(C2OC(CO)C(O)C(O)C2O)C1=O. The van der Waals surface area contributed by atoms with Gasteiger partial charge in [-0.3, -0.25) is 9.59 Å². The molecule has 1 spiro atoms. The predicted octanol–water partition coefficient (Wildman–Crippen LogP) is -3.57. The predicted molar refractivity (Wildman–Crippen MR) is 135 cm³/mol. The van der Waals surface area contributed by atoms with Gasteiger partial charge in [-0.05, 0) is 23.8 Å². The quantitative estimate of drug-likeness (QED) is 0.117. The molecule has 10 N–H and O–H groups in total. The molecule has 15 heteroatoms. The zero-order valence-corrected chi connectivity index (χ0v) is 21.7. The van der Waals surface area contributed by atoms with Crippen LogP contribution in [0, 0.1) is 0 Å². The first-order chi connectivity index (χ1) is 19.8. The smallest absolute Gasteiger partial charge is 0.243 e. The van der Waals surface area contributed by atoms with Gasteiger partial charge in [-0.2, -0.15) is 0 Å². The minimum absolute atomic E-state index is 0.0507. The Labute approximate surface area is 237 Å². The lowest BCUT2D eigenvalue weighted by molar-refractivity contribution is -0.326. The summed E-state index contributed by atoms with van der Waals surface area (Å²) in [5, 5.41) is 105. The van der Waals surface area contributed by atoms with Gasteiger partial charge in [0.05, 0.1) is 13.2 Å². The van der Waals surface area contributed by atoms with Gasteiger partial charge in [0.2, 0.25) is 17.2 Å². The molecule has 4 aliphatic rings. The molecule has 5 rings (SSSR count). The van der Waals surface area contributed by atoms with E-state index in [0.29, 0.717) is 5.56 Å². The zero-order chi connectivity index (χ0) is 30.7. The average molecular weight is 595 g/mol. The Morgan fingerprint density at radius 2 is 1.64 bits per heavy atom. The fourth-order valence-electron chi connectivity index (χ4n) is 5.55. The maximum atomic E-state index is 13.9. The molecule has 1 aromatic carbocycles. The summed E-state index contributed by atoms with van der Waals surface area (Å²) in [7, 11) is 0. The Bertz CT molecular complexity index is 1350. The van der Waals surface area contributed by atoms with E-state index in [1.165, 1.54) is 30.3 Å². The van der Waals surface area contributed by atoms with Gasteiger partial charge in [-0.25, -0.2) is 0 Å². The number of hydrogen-bond acceptors (Lipinski definition) is 15. The molecule has 10 unspecified atom stereocenters. The van der Waals surface area contributed by atoms with Crippen LogP contribution in [0.5, 0.6) is 5.75 Å². The van der Waals surface area contributed by atoms with Gasteiger partial charge >= 0.3 is 0 Å². The number of Topliss-reactive ketones (excluding diaryl/α,β-unsaturated/α-hetero) is 1. The lowest BCUT2D eigenvalue weighted by Crippen LogP contribution is -2.69. The minimum Gasteiger partial charge on any atom is -0.508 e. The number of aliphatic hydroxyl groups excluding tert-OH is 8. The van der Waals surface area contributed by atoms with E-state index in [2.05, 4.69) is 0 Å². The number of phenolic OH excluding ortho intramolecular Hbond substituents is 1. The van der Waals surface area contributed by atoms with Gasteiger partial charge in [0.15, 0.2) is 5.78 Å². The second-order valence-electron chi connectivity index (χ2n) is 10.6. The molecule has 0 radical (unpaired) electrons. The number of phenols is 1. The number of ether oxygens (including phenoxy) is 3. The maximum Gasteiger partial charge on any atom is 0.243 e. The second-order valence-corrected chi connectivity index (χ2v) is 10.6. The number of aliphatic hydroxyl groups is 9. The van der Waals surface area contributed by atoms with Crippen molar-refractivity contribution in [1.82, 2.24) is 0 Å². The highest BCUT2D eigenvalue weighted by atomic mass is 16.7. The first kappa shape index (κ1) is 30.2. The van der Waals surface area contributed by atoms with E-state index in [1.54, 1.807) is 0 Å². The number of allylic oxidation sites excluding steroid dienone is 2. The van der Waals surface area contributed by atoms with Gasteiger partial charge in [-0.15, -0.1) is 0 Å². The molecule has 0 aromatic heterocycles. The van der Waals surface area contributed by atoms with Crippen molar-refractivity contribution in [3.63, 3.8) is 0 Å². The van der Waals surface area contributed by atoms with Crippen molar-refractivity contribution in [3.8, 4) is 5.75 Å². The molecule has 0 saturated carbocycles. The first-order valence-electron chi connectivity index (χ1n) is 12.9. The Balaban J connectivity index is 1.61. The van der Waals surface area contributed by atoms with Crippen LogP contribution in [0.3, 0.4) is 0 Å². The highest BCUT2D eigenvalue weighted by Crippen LogP contribution is 2.52. The molecule has 2 saturated heterocycles. The second kappa shape index (κ2) is 10.8. The summed E-state index contributed by atoms with van der Waals surface area (Å²) in [6.45, 7) is -1.52. The van der Waals surface area contributed by atoms with Crippen molar-refractivity contribution in [1.29, 1.82) is 0 Å². The Kier molecular flexibility index (Phi) is 7.78. The number of aromatic hydroxyl groups is 1. The van der Waals surface area contributed by atoms with E-state index in [0.717, 1.165) is 6.08 Å². The highest BCUT2D eigenvalue weighted by Gasteiger charge is 2.67. The molecular weight excluding hydrogens is 564 g/mol. The van der Waals surface area contributed by atoms with Crippen LogP contribution in [0.25, 0.3) is 6.08 Å². The minimum atomic E-state index is -3.22. The van der Waals surface area contributed by atoms with Crippen molar-refractivity contribution in [2.75, 3.05) is 13.2 Å². The highest BCUT2D eigenvalue weighted by molar-refractivity contribution is 6.29. The topological polar surface area (TPSA) is 264 Å². The van der Waals surface area contributed by atoms with E-state index >= 15 is 0 Å². The summed E-state index contributed by atoms with van der Waals surface area (Å²) in [5.74, 6) is -6.88. The molecule has 1 aliphatic carbocycles. The van der Waals surface area contributed by atoms with E-state index < -0.39 is 114 Å². The van der Waals surface area contributed by atoms with Crippen molar-refractivity contribution in [2.45, 2.75) is 66.6 Å². The van der Waals surface area contributed by atoms with Gasteiger partial charge in [0.25, 0.3) is 0 Å². The number of carbonyl (C=O) groups excluding carboxylic acids is 2. The molecule has 228 valence electrons. The summed E-state index contributed by atoms with van der Waals surface area (Å²) < 4.78 is 16.6. The van der Waals surface area contributed by atoms with Crippen LogP contribution in [-0.2, 0) is 23.8 Å². The van der Waals surface area contributed by atoms with Crippen LogP contribution in [0.1, 0.15) is 12.0 Å². The third-order valence-corrected chi connectivity index (χ3v) is 7.95. The van der Waals surface area contributed by atoms with Crippen molar-refractivity contribution < 1.29 is 74.9 Å². The number of ketones is 2. The van der Waals surface area contributed by atoms with E-state index in [1.807, 2.05) is 0 Å². The molecule has 3 aliphatic heterocycles. The van der Waals surface area contributed by atoms with Crippen LogP contribution in [-0.4, -0.2) is 136 Å². The molecule has 1 aromatic rings. The number of benzene rings is 1. The van der Waals surface area contributed by atoms with Crippen LogP contribution >= 0.6 is 0 Å². The lowest BCUT2D eigenvalue weighted by Gasteiger charge is -2.48. The molecule has 2 fully saturated rings. The number of hydrogen-bond donors (Lipinski definition) is 10. The number of carbonyl (C=O) groups is 2. The Morgan fingerprint density at radius 3 is 2.29 bits per heavy atom. The third-order valence-electron chi connectivity index (χ3n) is 7.95. The van der Waals surface area contributed by atoms with Gasteiger partial charge in [0.1, 0.15) is 71.7 Å². The van der Waals surface area contributed by atoms with Crippen molar-refractivity contribution in [2.24, 2.45) is 0 Å². The van der Waals surface area contributed by atoms with Gasteiger partial charge < -0.3 is 65.3 Å². The van der Waals surface area contributed by atoms with Crippen molar-refractivity contribution >= 4 is 17.6 Å². The molecule has 0 amide bonds. The third kappa shape index (κ3) is 4.55. The standard InChI is InChI=1S/C27H30O15/c28-8-15-19(34)20(35)21(36)25(41-15)27(39)22(37)16(13(30)6-3-10-1-4-11(29)5-2-10)17(32)12-7-26(42-24(12)27)23(38)18(33)14(31)9-40-26/h1-6,14-15,18-21,23,25,28-29,31-36,38-39H,7-9H2. The van der Waals surface area contributed by atoms with Crippen molar-refractivity contribution in [3.05, 3.63) is 58.6 Å². The molecular formula is C27H30O15. The normalized spacial score (nSPS) is 40.5. The fraction of sp³-hybridized carbons (Fsp3) is 0.481. The lowest BCUT2D eigenvalue weighted by atomic mass is 9.73. The summed E-state index contributed by atoms with van der Waals surface area (Å²) in [4.78, 5) is 27.3. The fourth-order valence-corrected chi connectivity index (χ4v) is 5.55. The summed E-state index contributed by atoms with van der Waals surface area (Å²) in [5.41, 5.74) is -4.28. The monoisotopic (exact) mass is 594 g/mol. The van der Waals surface area contributed by atoms with Crippen LogP contribution in [0.15, 0.2) is 53.0 Å². The summed E-state index contributed by atoms with van der Waals surface area (Å²) >= 11 is 0. The largest absolute Gasteiger partial charge is 0.508 e. The van der Waals surface area contributed by atoms with Crippen LogP contribution in [0.4, 0.5) is 0 Å². The molecule has 3 heterocycles. The van der Waals surface area contributed by atoms with Crippen LogP contribution in [0.2, 0.25) is 0 Å². The average Bonchev–Trinajstić information content (AvgIpc) is 3.38.